The van der Waals surface area contributed by atoms with E-state index in [0.717, 1.165) is 5.56 Å². The lowest BCUT2D eigenvalue weighted by molar-refractivity contribution is -0.119. The van der Waals surface area contributed by atoms with E-state index in [2.05, 4.69) is 15.4 Å². The first-order valence-corrected chi connectivity index (χ1v) is 7.57. The van der Waals surface area contributed by atoms with Crippen LogP contribution in [-0.4, -0.2) is 25.2 Å². The van der Waals surface area contributed by atoms with Gasteiger partial charge in [0.25, 0.3) is 5.91 Å². The maximum absolute atomic E-state index is 12.3. The van der Waals surface area contributed by atoms with Crippen molar-refractivity contribution in [1.29, 1.82) is 0 Å². The molecule has 2 aromatic heterocycles. The summed E-state index contributed by atoms with van der Waals surface area (Å²) in [6.07, 6.45) is 6.84. The van der Waals surface area contributed by atoms with Crippen LogP contribution in [0.2, 0.25) is 5.02 Å². The standard InChI is InChI=1S/C16H16ClN5O/c1-12(22-9-4-7-19-22)15(23)20-16-18-8-10-21(16)11-13-5-2-3-6-14(13)17/h2-10,12H,11H2,1H3,(H,18,20,23). The lowest BCUT2D eigenvalue weighted by Crippen LogP contribution is -2.25. The number of carbonyl (C=O) groups is 1. The molecule has 0 aliphatic rings. The molecule has 0 radical (unpaired) electrons. The van der Waals surface area contributed by atoms with Gasteiger partial charge in [-0.15, -0.1) is 0 Å². The van der Waals surface area contributed by atoms with Crippen molar-refractivity contribution in [2.75, 3.05) is 5.32 Å². The molecule has 23 heavy (non-hydrogen) atoms. The number of carbonyl (C=O) groups excluding carboxylic acids is 1. The van der Waals surface area contributed by atoms with E-state index in [1.54, 1.807) is 42.5 Å². The fourth-order valence-corrected chi connectivity index (χ4v) is 2.41. The van der Waals surface area contributed by atoms with Crippen LogP contribution in [0.25, 0.3) is 0 Å². The molecule has 6 nitrogen and oxygen atoms in total. The number of rotatable bonds is 5. The molecule has 0 saturated heterocycles. The van der Waals surface area contributed by atoms with Gasteiger partial charge in [0.05, 0.1) is 6.54 Å². The number of anilines is 1. The molecule has 1 atom stereocenters. The molecule has 7 heteroatoms. The summed E-state index contributed by atoms with van der Waals surface area (Å²) in [5, 5.41) is 7.59. The summed E-state index contributed by atoms with van der Waals surface area (Å²) in [6.45, 7) is 2.31. The van der Waals surface area contributed by atoms with Crippen LogP contribution < -0.4 is 5.32 Å². The predicted molar refractivity (Wildman–Crippen MR) is 88.3 cm³/mol. The maximum Gasteiger partial charge on any atom is 0.251 e. The number of benzene rings is 1. The van der Waals surface area contributed by atoms with E-state index in [9.17, 15) is 4.79 Å². The van der Waals surface area contributed by atoms with Crippen molar-refractivity contribution in [3.8, 4) is 0 Å². The van der Waals surface area contributed by atoms with E-state index in [4.69, 9.17) is 11.6 Å². The Labute approximate surface area is 138 Å². The molecule has 1 unspecified atom stereocenters. The molecule has 3 rings (SSSR count). The van der Waals surface area contributed by atoms with Gasteiger partial charge in [-0.2, -0.15) is 5.10 Å². The molecular weight excluding hydrogens is 314 g/mol. The summed E-state index contributed by atoms with van der Waals surface area (Å²) in [5.41, 5.74) is 0.961. The Morgan fingerprint density at radius 1 is 1.26 bits per heavy atom. The quantitative estimate of drug-likeness (QED) is 0.782. The Morgan fingerprint density at radius 2 is 2.09 bits per heavy atom. The SMILES string of the molecule is CC(C(=O)Nc1nccn1Cc1ccccc1Cl)n1cccn1. The van der Waals surface area contributed by atoms with Gasteiger partial charge < -0.3 is 4.57 Å². The topological polar surface area (TPSA) is 64.7 Å². The summed E-state index contributed by atoms with van der Waals surface area (Å²) in [5.74, 6) is 0.300. The van der Waals surface area contributed by atoms with Gasteiger partial charge in [-0.05, 0) is 24.6 Å². The zero-order valence-corrected chi connectivity index (χ0v) is 13.3. The van der Waals surface area contributed by atoms with Gasteiger partial charge in [-0.1, -0.05) is 29.8 Å². The molecule has 1 aromatic carbocycles. The van der Waals surface area contributed by atoms with E-state index in [1.165, 1.54) is 0 Å². The third-order valence-corrected chi connectivity index (χ3v) is 3.92. The Kier molecular flexibility index (Phi) is 4.43. The zero-order chi connectivity index (χ0) is 16.2. The van der Waals surface area contributed by atoms with Gasteiger partial charge >= 0.3 is 0 Å². The minimum absolute atomic E-state index is 0.180. The van der Waals surface area contributed by atoms with E-state index in [-0.39, 0.29) is 5.91 Å². The van der Waals surface area contributed by atoms with Crippen LogP contribution in [0, 0.1) is 0 Å². The Balaban J connectivity index is 1.74. The summed E-state index contributed by atoms with van der Waals surface area (Å²) in [4.78, 5) is 16.5. The number of nitrogens with one attached hydrogen (secondary N) is 1. The average Bonchev–Trinajstić information content (AvgIpc) is 3.21. The highest BCUT2D eigenvalue weighted by molar-refractivity contribution is 6.31. The number of nitrogens with zero attached hydrogens (tertiary/aromatic N) is 4. The zero-order valence-electron chi connectivity index (χ0n) is 12.6. The Hall–Kier alpha value is -2.60. The largest absolute Gasteiger partial charge is 0.313 e. The van der Waals surface area contributed by atoms with Gasteiger partial charge in [-0.3, -0.25) is 14.8 Å². The van der Waals surface area contributed by atoms with E-state index < -0.39 is 6.04 Å². The van der Waals surface area contributed by atoms with Crippen LogP contribution in [0.15, 0.2) is 55.1 Å². The molecule has 0 spiro atoms. The fraction of sp³-hybridized carbons (Fsp3) is 0.188. The number of imidazole rings is 1. The Bertz CT molecular complexity index is 796. The molecule has 0 bridgehead atoms. The Morgan fingerprint density at radius 3 is 2.83 bits per heavy atom. The molecule has 118 valence electrons. The van der Waals surface area contributed by atoms with Crippen LogP contribution >= 0.6 is 11.6 Å². The second-order valence-electron chi connectivity index (χ2n) is 5.12. The van der Waals surface area contributed by atoms with Crippen LogP contribution in [0.1, 0.15) is 18.5 Å². The van der Waals surface area contributed by atoms with Gasteiger partial charge in [0.15, 0.2) is 0 Å². The number of amides is 1. The molecule has 1 amide bonds. The third-order valence-electron chi connectivity index (χ3n) is 3.55. The van der Waals surface area contributed by atoms with Crippen molar-refractivity contribution in [3.05, 3.63) is 65.7 Å². The second-order valence-corrected chi connectivity index (χ2v) is 5.53. The highest BCUT2D eigenvalue weighted by Crippen LogP contribution is 2.18. The van der Waals surface area contributed by atoms with Crippen LogP contribution in [-0.2, 0) is 11.3 Å². The van der Waals surface area contributed by atoms with E-state index in [0.29, 0.717) is 17.5 Å². The first-order chi connectivity index (χ1) is 11.1. The second kappa shape index (κ2) is 6.66. The van der Waals surface area contributed by atoms with Gasteiger partial charge in [0, 0.05) is 29.8 Å². The summed E-state index contributed by atoms with van der Waals surface area (Å²) < 4.78 is 3.44. The monoisotopic (exact) mass is 329 g/mol. The van der Waals surface area contributed by atoms with E-state index >= 15 is 0 Å². The molecule has 1 N–H and O–H groups in total. The molecule has 0 aliphatic carbocycles. The van der Waals surface area contributed by atoms with Crippen molar-refractivity contribution in [1.82, 2.24) is 19.3 Å². The summed E-state index contributed by atoms with van der Waals surface area (Å²) in [7, 11) is 0. The summed E-state index contributed by atoms with van der Waals surface area (Å²) in [6, 6.07) is 8.95. The molecule has 0 fully saturated rings. The lowest BCUT2D eigenvalue weighted by Gasteiger charge is -2.14. The number of halogens is 1. The van der Waals surface area contributed by atoms with Gasteiger partial charge in [-0.25, -0.2) is 4.98 Å². The van der Waals surface area contributed by atoms with Crippen molar-refractivity contribution in [2.24, 2.45) is 0 Å². The van der Waals surface area contributed by atoms with Crippen LogP contribution in [0.5, 0.6) is 0 Å². The first-order valence-electron chi connectivity index (χ1n) is 7.19. The molecule has 3 aromatic rings. The molecular formula is C16H16ClN5O. The highest BCUT2D eigenvalue weighted by atomic mass is 35.5. The van der Waals surface area contributed by atoms with Crippen molar-refractivity contribution in [2.45, 2.75) is 19.5 Å². The highest BCUT2D eigenvalue weighted by Gasteiger charge is 2.17. The van der Waals surface area contributed by atoms with Crippen molar-refractivity contribution in [3.63, 3.8) is 0 Å². The molecule has 2 heterocycles. The van der Waals surface area contributed by atoms with Crippen LogP contribution in [0.4, 0.5) is 5.95 Å². The summed E-state index contributed by atoms with van der Waals surface area (Å²) >= 11 is 6.18. The number of hydrogen-bond acceptors (Lipinski definition) is 3. The van der Waals surface area contributed by atoms with Crippen molar-refractivity contribution < 1.29 is 4.79 Å². The van der Waals surface area contributed by atoms with Crippen molar-refractivity contribution >= 4 is 23.5 Å². The third kappa shape index (κ3) is 3.43. The molecule has 0 aliphatic heterocycles. The fourth-order valence-electron chi connectivity index (χ4n) is 2.22. The lowest BCUT2D eigenvalue weighted by atomic mass is 10.2. The normalized spacial score (nSPS) is 12.1. The van der Waals surface area contributed by atoms with Gasteiger partial charge in [0.2, 0.25) is 5.95 Å². The minimum Gasteiger partial charge on any atom is -0.313 e. The minimum atomic E-state index is -0.421. The van der Waals surface area contributed by atoms with Crippen LogP contribution in [0.3, 0.4) is 0 Å². The number of aromatic nitrogens is 4. The van der Waals surface area contributed by atoms with Gasteiger partial charge in [0.1, 0.15) is 6.04 Å². The average molecular weight is 330 g/mol. The number of hydrogen-bond donors (Lipinski definition) is 1. The maximum atomic E-state index is 12.3. The predicted octanol–water partition coefficient (Wildman–Crippen LogP) is 2.98. The smallest absolute Gasteiger partial charge is 0.251 e. The van der Waals surface area contributed by atoms with E-state index in [1.807, 2.05) is 28.8 Å². The molecule has 0 saturated carbocycles. The first kappa shape index (κ1) is 15.3.